The van der Waals surface area contributed by atoms with Gasteiger partial charge in [-0.2, -0.15) is 5.26 Å². The summed E-state index contributed by atoms with van der Waals surface area (Å²) < 4.78 is 39.4. The maximum absolute atomic E-state index is 13.4. The minimum absolute atomic E-state index is 0.00702. The van der Waals surface area contributed by atoms with Gasteiger partial charge in [-0.1, -0.05) is 23.2 Å². The van der Waals surface area contributed by atoms with Crippen LogP contribution in [-0.4, -0.2) is 14.5 Å². The van der Waals surface area contributed by atoms with Gasteiger partial charge in [-0.25, -0.2) is 17.5 Å². The molecule has 0 aliphatic carbocycles. The number of nitriles is 1. The Morgan fingerprint density at radius 1 is 1.50 bits per heavy atom. The second-order valence-electron chi connectivity index (χ2n) is 3.56. The summed E-state index contributed by atoms with van der Waals surface area (Å²) in [6, 6.07) is 3.43. The van der Waals surface area contributed by atoms with Gasteiger partial charge in [0.15, 0.2) is 5.82 Å². The van der Waals surface area contributed by atoms with Crippen molar-refractivity contribution in [3.05, 3.63) is 28.0 Å². The van der Waals surface area contributed by atoms with E-state index in [1.165, 1.54) is 6.92 Å². The Balaban J connectivity index is 3.15. The van der Waals surface area contributed by atoms with Gasteiger partial charge < -0.3 is 0 Å². The molecule has 18 heavy (non-hydrogen) atoms. The molecule has 1 N–H and O–H groups in total. The summed E-state index contributed by atoms with van der Waals surface area (Å²) in [4.78, 5) is -0.407. The van der Waals surface area contributed by atoms with Crippen LogP contribution >= 0.6 is 23.2 Å². The number of sulfonamides is 1. The molecule has 0 aliphatic rings. The van der Waals surface area contributed by atoms with Crippen molar-refractivity contribution < 1.29 is 12.8 Å². The highest BCUT2D eigenvalue weighted by Gasteiger charge is 2.23. The van der Waals surface area contributed by atoms with E-state index in [4.69, 9.17) is 28.5 Å². The number of rotatable bonds is 4. The molecule has 0 heterocycles. The molecule has 0 spiro atoms. The van der Waals surface area contributed by atoms with E-state index in [-0.39, 0.29) is 11.4 Å². The molecule has 8 heteroatoms. The molecule has 0 saturated heterocycles. The van der Waals surface area contributed by atoms with Crippen LogP contribution in [0.15, 0.2) is 17.0 Å². The van der Waals surface area contributed by atoms with E-state index >= 15 is 0 Å². The van der Waals surface area contributed by atoms with Gasteiger partial charge in [0, 0.05) is 6.04 Å². The minimum atomic E-state index is -3.98. The van der Waals surface area contributed by atoms with Crippen LogP contribution in [0.25, 0.3) is 0 Å². The highest BCUT2D eigenvalue weighted by Crippen LogP contribution is 2.29. The molecule has 1 unspecified atom stereocenters. The normalized spacial score (nSPS) is 13.1. The maximum Gasteiger partial charge on any atom is 0.242 e. The first-order chi connectivity index (χ1) is 8.29. The van der Waals surface area contributed by atoms with Crippen LogP contribution in [0.5, 0.6) is 0 Å². The largest absolute Gasteiger partial charge is 0.242 e. The summed E-state index contributed by atoms with van der Waals surface area (Å²) in [6.45, 7) is 1.51. The van der Waals surface area contributed by atoms with Gasteiger partial charge in [0.1, 0.15) is 4.90 Å². The highest BCUT2D eigenvalue weighted by atomic mass is 35.5. The Bertz CT molecular complexity index is 599. The quantitative estimate of drug-likeness (QED) is 0.869. The van der Waals surface area contributed by atoms with Crippen LogP contribution in [0.1, 0.15) is 13.3 Å². The second kappa shape index (κ2) is 5.85. The number of hydrogen-bond donors (Lipinski definition) is 1. The molecule has 0 radical (unpaired) electrons. The Morgan fingerprint density at radius 2 is 2.11 bits per heavy atom. The van der Waals surface area contributed by atoms with Crippen LogP contribution in [0.4, 0.5) is 4.39 Å². The van der Waals surface area contributed by atoms with E-state index in [9.17, 15) is 12.8 Å². The number of nitrogens with one attached hydrogen (secondary N) is 1. The van der Waals surface area contributed by atoms with Gasteiger partial charge >= 0.3 is 0 Å². The Labute approximate surface area is 114 Å². The first kappa shape index (κ1) is 15.2. The molecule has 0 amide bonds. The lowest BCUT2D eigenvalue weighted by molar-refractivity contribution is 0.560. The van der Waals surface area contributed by atoms with Crippen LogP contribution < -0.4 is 4.72 Å². The average Bonchev–Trinajstić information content (AvgIpc) is 2.25. The molecule has 0 aliphatic heterocycles. The van der Waals surface area contributed by atoms with Crippen molar-refractivity contribution >= 4 is 33.2 Å². The SMILES string of the molecule is CC(CC#N)NS(=O)(=O)c1ccc(Cl)c(F)c1Cl. The summed E-state index contributed by atoms with van der Waals surface area (Å²) in [5.41, 5.74) is 0. The summed E-state index contributed by atoms with van der Waals surface area (Å²) in [7, 11) is -3.98. The molecular formula is C10H9Cl2FN2O2S. The van der Waals surface area contributed by atoms with Crippen molar-refractivity contribution in [1.82, 2.24) is 4.72 Å². The third-order valence-electron chi connectivity index (χ3n) is 2.04. The van der Waals surface area contributed by atoms with Gasteiger partial charge in [0.25, 0.3) is 0 Å². The smallest absolute Gasteiger partial charge is 0.207 e. The third kappa shape index (κ3) is 3.33. The predicted molar refractivity (Wildman–Crippen MR) is 66.4 cm³/mol. The fourth-order valence-electron chi connectivity index (χ4n) is 1.22. The van der Waals surface area contributed by atoms with E-state index in [1.807, 2.05) is 6.07 Å². The van der Waals surface area contributed by atoms with Gasteiger partial charge in [-0.05, 0) is 19.1 Å². The molecule has 98 valence electrons. The van der Waals surface area contributed by atoms with E-state index in [0.29, 0.717) is 0 Å². The van der Waals surface area contributed by atoms with Crippen LogP contribution in [0, 0.1) is 17.1 Å². The molecule has 1 aromatic rings. The van der Waals surface area contributed by atoms with Crippen molar-refractivity contribution in [2.75, 3.05) is 0 Å². The van der Waals surface area contributed by atoms with Gasteiger partial charge in [0.2, 0.25) is 10.0 Å². The molecule has 0 saturated carbocycles. The summed E-state index contributed by atoms with van der Waals surface area (Å²) >= 11 is 11.1. The van der Waals surface area contributed by atoms with Crippen molar-refractivity contribution in [3.8, 4) is 6.07 Å². The maximum atomic E-state index is 13.4. The monoisotopic (exact) mass is 310 g/mol. The van der Waals surface area contributed by atoms with Crippen LogP contribution in [-0.2, 0) is 10.0 Å². The van der Waals surface area contributed by atoms with Crippen molar-refractivity contribution in [2.45, 2.75) is 24.3 Å². The molecule has 0 fully saturated rings. The molecular weight excluding hydrogens is 302 g/mol. The van der Waals surface area contributed by atoms with Gasteiger partial charge in [0.05, 0.1) is 22.5 Å². The van der Waals surface area contributed by atoms with E-state index in [1.54, 1.807) is 0 Å². The zero-order chi connectivity index (χ0) is 13.9. The lowest BCUT2D eigenvalue weighted by atomic mass is 10.3. The van der Waals surface area contributed by atoms with Gasteiger partial charge in [-0.15, -0.1) is 0 Å². The summed E-state index contributed by atoms with van der Waals surface area (Å²) in [6.07, 6.45) is -0.00702. The molecule has 1 atom stereocenters. The van der Waals surface area contributed by atoms with Gasteiger partial charge in [-0.3, -0.25) is 0 Å². The predicted octanol–water partition coefficient (Wildman–Crippen LogP) is 2.71. The van der Waals surface area contributed by atoms with E-state index in [2.05, 4.69) is 4.72 Å². The van der Waals surface area contributed by atoms with E-state index < -0.39 is 31.8 Å². The lowest BCUT2D eigenvalue weighted by Gasteiger charge is -2.12. The number of hydrogen-bond acceptors (Lipinski definition) is 3. The van der Waals surface area contributed by atoms with E-state index in [0.717, 1.165) is 12.1 Å². The fourth-order valence-corrected chi connectivity index (χ4v) is 3.21. The minimum Gasteiger partial charge on any atom is -0.207 e. The Kier molecular flexibility index (Phi) is 4.93. The molecule has 0 bridgehead atoms. The Morgan fingerprint density at radius 3 is 2.67 bits per heavy atom. The van der Waals surface area contributed by atoms with Crippen molar-refractivity contribution in [3.63, 3.8) is 0 Å². The zero-order valence-corrected chi connectivity index (χ0v) is 11.6. The second-order valence-corrected chi connectivity index (χ2v) is 6.03. The zero-order valence-electron chi connectivity index (χ0n) is 9.25. The third-order valence-corrected chi connectivity index (χ3v) is 4.45. The first-order valence-corrected chi connectivity index (χ1v) is 7.06. The lowest BCUT2D eigenvalue weighted by Crippen LogP contribution is -2.32. The number of nitrogens with zero attached hydrogens (tertiary/aromatic N) is 1. The van der Waals surface area contributed by atoms with Crippen molar-refractivity contribution in [1.29, 1.82) is 5.26 Å². The average molecular weight is 311 g/mol. The number of benzene rings is 1. The summed E-state index contributed by atoms with van der Waals surface area (Å²) in [5.74, 6) is -0.992. The molecule has 4 nitrogen and oxygen atoms in total. The highest BCUT2D eigenvalue weighted by molar-refractivity contribution is 7.89. The first-order valence-electron chi connectivity index (χ1n) is 4.82. The summed E-state index contributed by atoms with van der Waals surface area (Å²) in [5, 5.41) is 7.62. The van der Waals surface area contributed by atoms with Crippen LogP contribution in [0.2, 0.25) is 10.0 Å². The number of halogens is 3. The topological polar surface area (TPSA) is 70.0 Å². The standard InChI is InChI=1S/C10H9Cl2FN2O2S/c1-6(4-5-14)15-18(16,17)8-3-2-7(11)10(13)9(8)12/h2-3,6,15H,4H2,1H3. The van der Waals surface area contributed by atoms with Crippen LogP contribution in [0.3, 0.4) is 0 Å². The molecule has 1 rings (SSSR count). The van der Waals surface area contributed by atoms with Crippen molar-refractivity contribution in [2.24, 2.45) is 0 Å². The Hall–Kier alpha value is -0.870. The molecule has 1 aromatic carbocycles. The fraction of sp³-hybridized carbons (Fsp3) is 0.300. The molecule has 0 aromatic heterocycles.